The number of ether oxygens (including phenoxy) is 1. The van der Waals surface area contributed by atoms with Crippen molar-refractivity contribution in [3.05, 3.63) is 60.2 Å². The van der Waals surface area contributed by atoms with Gasteiger partial charge in [0.1, 0.15) is 11.3 Å². The maximum atomic E-state index is 13.5. The lowest BCUT2D eigenvalue weighted by atomic mass is 9.83. The second kappa shape index (κ2) is 11.2. The number of carbonyl (C=O) groups excluding carboxylic acids is 1. The molecule has 9 heteroatoms. The van der Waals surface area contributed by atoms with Crippen LogP contribution in [-0.4, -0.2) is 67.3 Å². The van der Waals surface area contributed by atoms with E-state index in [0.717, 1.165) is 84.7 Å². The highest BCUT2D eigenvalue weighted by molar-refractivity contribution is 5.91. The number of hydrogen-bond donors (Lipinski definition) is 0. The molecule has 0 atom stereocenters. The number of carbonyl (C=O) groups is 1. The molecule has 3 aromatic heterocycles. The van der Waals surface area contributed by atoms with Crippen molar-refractivity contribution < 1.29 is 9.53 Å². The van der Waals surface area contributed by atoms with Crippen LogP contribution in [0.15, 0.2) is 48.9 Å². The fourth-order valence-corrected chi connectivity index (χ4v) is 6.00. The molecule has 2 saturated heterocycles. The average molecular weight is 570 g/mol. The smallest absolute Gasteiger partial charge is 0.419 e. The third-order valence-electron chi connectivity index (χ3n) is 8.49. The van der Waals surface area contributed by atoms with Crippen LogP contribution in [0.3, 0.4) is 0 Å². The van der Waals surface area contributed by atoms with E-state index in [1.165, 1.54) is 12.8 Å². The summed E-state index contributed by atoms with van der Waals surface area (Å²) in [5.41, 5.74) is 5.54. The lowest BCUT2D eigenvalue weighted by Gasteiger charge is -2.37. The predicted molar refractivity (Wildman–Crippen MR) is 166 cm³/mol. The highest BCUT2D eigenvalue weighted by Crippen LogP contribution is 2.32. The normalized spacial score (nSPS) is 17.7. The number of pyridine rings is 1. The molecule has 6 rings (SSSR count). The minimum atomic E-state index is -0.588. The van der Waals surface area contributed by atoms with Crippen LogP contribution in [0.1, 0.15) is 71.6 Å². The third-order valence-corrected chi connectivity index (χ3v) is 8.49. The van der Waals surface area contributed by atoms with Gasteiger partial charge in [0, 0.05) is 42.5 Å². The fourth-order valence-electron chi connectivity index (χ4n) is 6.00. The third kappa shape index (κ3) is 6.36. The summed E-state index contributed by atoms with van der Waals surface area (Å²) in [5, 5.41) is 9.89. The summed E-state index contributed by atoms with van der Waals surface area (Å²) >= 11 is 0. The minimum absolute atomic E-state index is 0.338. The summed E-state index contributed by atoms with van der Waals surface area (Å²) in [7, 11) is 0. The van der Waals surface area contributed by atoms with Crippen molar-refractivity contribution in [3.63, 3.8) is 0 Å². The number of likely N-dealkylation sites (tertiary alicyclic amines) is 1. The van der Waals surface area contributed by atoms with E-state index in [1.54, 1.807) is 4.57 Å². The van der Waals surface area contributed by atoms with Gasteiger partial charge in [-0.15, -0.1) is 5.10 Å². The zero-order valence-corrected chi connectivity index (χ0v) is 25.6. The van der Waals surface area contributed by atoms with Crippen LogP contribution >= 0.6 is 0 Å². The van der Waals surface area contributed by atoms with Crippen LogP contribution in [-0.2, 0) is 17.8 Å². The Hall–Kier alpha value is -3.72. The monoisotopic (exact) mass is 569 g/mol. The molecule has 0 saturated carbocycles. The Kier molecular flexibility index (Phi) is 7.55. The van der Waals surface area contributed by atoms with Gasteiger partial charge in [-0.1, -0.05) is 31.2 Å². The van der Waals surface area contributed by atoms with Crippen molar-refractivity contribution in [3.8, 4) is 11.3 Å². The van der Waals surface area contributed by atoms with E-state index in [9.17, 15) is 4.79 Å². The van der Waals surface area contributed by atoms with Crippen molar-refractivity contribution in [1.82, 2.24) is 29.4 Å². The molecule has 222 valence electrons. The van der Waals surface area contributed by atoms with Gasteiger partial charge in [-0.05, 0) is 88.7 Å². The number of nitrogens with zero attached hydrogens (tertiary/aromatic N) is 7. The fraction of sp³-hybridized carbons (Fsp3) is 0.515. The number of fused-ring (bicyclic) bond motifs is 1. The maximum Gasteiger partial charge on any atom is 0.419 e. The standard InChI is InChI=1S/C33H43N7O2/c1-32(2,3)42-31(41)40-28(22-37-14-10-33(4,5)11-15-37)17-25-9-8-24(16-30(25)40)21-39-23-29(35-36-39)26-18-27(20-34-19-26)38-12-6-7-13-38/h8-9,16-20,23H,6-7,10-15,21-22H2,1-5H3. The van der Waals surface area contributed by atoms with Gasteiger partial charge in [0.15, 0.2) is 0 Å². The van der Waals surface area contributed by atoms with E-state index >= 15 is 0 Å². The van der Waals surface area contributed by atoms with Crippen molar-refractivity contribution in [2.24, 2.45) is 5.41 Å². The summed E-state index contributed by atoms with van der Waals surface area (Å²) in [5.74, 6) is 0. The van der Waals surface area contributed by atoms with E-state index in [0.29, 0.717) is 12.0 Å². The van der Waals surface area contributed by atoms with Gasteiger partial charge in [-0.3, -0.25) is 9.88 Å². The topological polar surface area (TPSA) is 81.3 Å². The highest BCUT2D eigenvalue weighted by Gasteiger charge is 2.28. The summed E-state index contributed by atoms with van der Waals surface area (Å²) in [6.07, 6.45) is 10.2. The number of piperidine rings is 1. The van der Waals surface area contributed by atoms with Crippen molar-refractivity contribution in [1.29, 1.82) is 0 Å². The van der Waals surface area contributed by atoms with Crippen LogP contribution in [0.4, 0.5) is 10.5 Å². The Morgan fingerprint density at radius 1 is 0.976 bits per heavy atom. The van der Waals surface area contributed by atoms with Gasteiger partial charge in [0.2, 0.25) is 0 Å². The molecule has 0 amide bonds. The Bertz CT molecular complexity index is 1560. The zero-order chi connectivity index (χ0) is 29.5. The van der Waals surface area contributed by atoms with Crippen LogP contribution in [0.5, 0.6) is 0 Å². The number of anilines is 1. The summed E-state index contributed by atoms with van der Waals surface area (Å²) in [4.78, 5) is 22.8. The first-order valence-corrected chi connectivity index (χ1v) is 15.2. The van der Waals surface area contributed by atoms with Crippen LogP contribution in [0, 0.1) is 5.41 Å². The SMILES string of the molecule is CC1(C)CCN(Cc2cc3ccc(Cn4cc(-c5cncc(N6CCCC6)c5)nn4)cc3n2C(=O)OC(C)(C)C)CC1. The first kappa shape index (κ1) is 28.4. The predicted octanol–water partition coefficient (Wildman–Crippen LogP) is 6.35. The van der Waals surface area contributed by atoms with Gasteiger partial charge < -0.3 is 9.64 Å². The molecule has 0 spiro atoms. The highest BCUT2D eigenvalue weighted by atomic mass is 16.6. The molecule has 5 heterocycles. The molecule has 9 nitrogen and oxygen atoms in total. The lowest BCUT2D eigenvalue weighted by molar-refractivity contribution is 0.0531. The number of benzene rings is 1. The second-order valence-corrected chi connectivity index (χ2v) is 13.7. The van der Waals surface area contributed by atoms with Crippen LogP contribution in [0.25, 0.3) is 22.2 Å². The molecule has 0 bridgehead atoms. The number of hydrogen-bond acceptors (Lipinski definition) is 7. The van der Waals surface area contributed by atoms with Crippen molar-refractivity contribution in [2.75, 3.05) is 31.1 Å². The molecule has 2 aliphatic heterocycles. The van der Waals surface area contributed by atoms with Crippen LogP contribution in [0.2, 0.25) is 0 Å². The summed E-state index contributed by atoms with van der Waals surface area (Å²) in [6.45, 7) is 15.9. The lowest BCUT2D eigenvalue weighted by Crippen LogP contribution is -2.37. The average Bonchev–Trinajstić information content (AvgIpc) is 3.69. The molecular formula is C33H43N7O2. The molecule has 2 aliphatic rings. The molecule has 2 fully saturated rings. The van der Waals surface area contributed by atoms with Gasteiger partial charge in [-0.25, -0.2) is 14.0 Å². The molecule has 0 radical (unpaired) electrons. The van der Waals surface area contributed by atoms with E-state index in [1.807, 2.05) is 44.0 Å². The quantitative estimate of drug-likeness (QED) is 0.268. The van der Waals surface area contributed by atoms with E-state index in [-0.39, 0.29) is 6.09 Å². The van der Waals surface area contributed by atoms with Crippen molar-refractivity contribution >= 4 is 22.7 Å². The first-order valence-electron chi connectivity index (χ1n) is 15.2. The second-order valence-electron chi connectivity index (χ2n) is 13.7. The Morgan fingerprint density at radius 2 is 1.74 bits per heavy atom. The Balaban J connectivity index is 1.26. The molecule has 0 N–H and O–H groups in total. The van der Waals surface area contributed by atoms with Crippen LogP contribution < -0.4 is 4.90 Å². The Morgan fingerprint density at radius 3 is 2.48 bits per heavy atom. The molecule has 0 unspecified atom stereocenters. The summed E-state index contributed by atoms with van der Waals surface area (Å²) < 4.78 is 9.49. The Labute approximate surface area is 248 Å². The number of aromatic nitrogens is 5. The van der Waals surface area contributed by atoms with E-state index in [4.69, 9.17) is 4.74 Å². The molecule has 1 aromatic carbocycles. The van der Waals surface area contributed by atoms with Gasteiger partial charge in [0.25, 0.3) is 0 Å². The van der Waals surface area contributed by atoms with E-state index in [2.05, 4.69) is 69.3 Å². The largest absolute Gasteiger partial charge is 0.443 e. The summed E-state index contributed by atoms with van der Waals surface area (Å²) in [6, 6.07) is 10.6. The zero-order valence-electron chi connectivity index (χ0n) is 25.6. The molecular weight excluding hydrogens is 526 g/mol. The molecule has 4 aromatic rings. The van der Waals surface area contributed by atoms with Gasteiger partial charge >= 0.3 is 6.09 Å². The molecule has 42 heavy (non-hydrogen) atoms. The van der Waals surface area contributed by atoms with Gasteiger partial charge in [-0.2, -0.15) is 0 Å². The molecule has 0 aliphatic carbocycles. The van der Waals surface area contributed by atoms with E-state index < -0.39 is 5.60 Å². The van der Waals surface area contributed by atoms with Gasteiger partial charge in [0.05, 0.1) is 30.1 Å². The maximum absolute atomic E-state index is 13.5. The van der Waals surface area contributed by atoms with Crippen molar-refractivity contribution in [2.45, 2.75) is 79.0 Å². The first-order chi connectivity index (χ1) is 20.0. The number of rotatable bonds is 6. The minimum Gasteiger partial charge on any atom is -0.443 e.